The number of thiophene rings is 2. The number of rotatable bonds is 5. The molecule has 0 fully saturated rings. The molecule has 0 bridgehead atoms. The maximum atomic E-state index is 12.7. The topological polar surface area (TPSA) is 54.9 Å². The maximum absolute atomic E-state index is 12.7. The summed E-state index contributed by atoms with van der Waals surface area (Å²) in [4.78, 5) is 22.5. The van der Waals surface area contributed by atoms with E-state index in [0.29, 0.717) is 5.56 Å². The third-order valence-electron chi connectivity index (χ3n) is 4.85. The number of carbonyl (C=O) groups is 1. The van der Waals surface area contributed by atoms with Crippen molar-refractivity contribution in [2.75, 3.05) is 0 Å². The summed E-state index contributed by atoms with van der Waals surface area (Å²) in [5.41, 5.74) is 5.68. The minimum Gasteiger partial charge on any atom is -0.347 e. The fourth-order valence-electron chi connectivity index (χ4n) is 2.86. The van der Waals surface area contributed by atoms with Gasteiger partial charge in [0.25, 0.3) is 5.91 Å². The third kappa shape index (κ3) is 3.70. The first kappa shape index (κ1) is 18.8. The van der Waals surface area contributed by atoms with E-state index in [0.717, 1.165) is 40.0 Å². The van der Waals surface area contributed by atoms with Crippen LogP contribution in [0.1, 0.15) is 37.6 Å². The highest BCUT2D eigenvalue weighted by atomic mass is 32.1. The Balaban J connectivity index is 1.82. The molecule has 1 aromatic carbocycles. The van der Waals surface area contributed by atoms with Gasteiger partial charge in [-0.1, -0.05) is 6.92 Å². The molecule has 3 heterocycles. The predicted octanol–water partition coefficient (Wildman–Crippen LogP) is 6.01. The molecule has 142 valence electrons. The zero-order chi connectivity index (χ0) is 19.7. The van der Waals surface area contributed by atoms with Crippen LogP contribution in [0.5, 0.6) is 0 Å². The summed E-state index contributed by atoms with van der Waals surface area (Å²) in [6.45, 7) is 6.10. The van der Waals surface area contributed by atoms with Crippen LogP contribution in [0.2, 0.25) is 0 Å². The summed E-state index contributed by atoms with van der Waals surface area (Å²) in [7, 11) is 0. The molecule has 0 unspecified atom stereocenters. The quantitative estimate of drug-likeness (QED) is 0.441. The Morgan fingerprint density at radius 3 is 2.11 bits per heavy atom. The van der Waals surface area contributed by atoms with Gasteiger partial charge in [0.05, 0.1) is 22.4 Å². The predicted molar refractivity (Wildman–Crippen MR) is 118 cm³/mol. The summed E-state index contributed by atoms with van der Waals surface area (Å²) in [6, 6.07) is 9.64. The van der Waals surface area contributed by atoms with E-state index >= 15 is 0 Å². The van der Waals surface area contributed by atoms with Crippen molar-refractivity contribution in [2.45, 2.75) is 32.7 Å². The van der Waals surface area contributed by atoms with E-state index in [4.69, 9.17) is 9.97 Å². The molecule has 0 radical (unpaired) electrons. The number of benzene rings is 1. The molecule has 4 rings (SSSR count). The number of carbonyl (C=O) groups excluding carboxylic acids is 1. The Labute approximate surface area is 172 Å². The van der Waals surface area contributed by atoms with Gasteiger partial charge in [0.1, 0.15) is 0 Å². The van der Waals surface area contributed by atoms with E-state index in [1.807, 2.05) is 42.8 Å². The molecular formula is C22H21N3OS2. The van der Waals surface area contributed by atoms with E-state index in [1.165, 1.54) is 0 Å². The van der Waals surface area contributed by atoms with Crippen LogP contribution in [-0.4, -0.2) is 21.4 Å². The van der Waals surface area contributed by atoms with Gasteiger partial charge in [-0.3, -0.25) is 4.79 Å². The van der Waals surface area contributed by atoms with Crippen LogP contribution in [0.3, 0.4) is 0 Å². The van der Waals surface area contributed by atoms with Gasteiger partial charge in [-0.2, -0.15) is 22.7 Å². The highest BCUT2D eigenvalue weighted by Gasteiger charge is 2.20. The minimum atomic E-state index is -0.248. The first-order valence-corrected chi connectivity index (χ1v) is 11.0. The normalized spacial score (nSPS) is 11.7. The minimum absolute atomic E-state index is 0.0884. The Morgan fingerprint density at radius 2 is 1.57 bits per heavy atom. The largest absolute Gasteiger partial charge is 0.347 e. The molecule has 28 heavy (non-hydrogen) atoms. The number of aromatic nitrogens is 2. The smallest absolute Gasteiger partial charge is 0.251 e. The van der Waals surface area contributed by atoms with Gasteiger partial charge in [0, 0.05) is 33.0 Å². The van der Waals surface area contributed by atoms with Crippen molar-refractivity contribution in [3.8, 4) is 22.5 Å². The van der Waals surface area contributed by atoms with Crippen molar-refractivity contribution in [2.24, 2.45) is 0 Å². The first-order chi connectivity index (χ1) is 13.5. The Morgan fingerprint density at radius 1 is 0.964 bits per heavy atom. The Bertz CT molecular complexity index is 1120. The highest BCUT2D eigenvalue weighted by Crippen LogP contribution is 2.33. The van der Waals surface area contributed by atoms with Gasteiger partial charge in [0.15, 0.2) is 0 Å². The van der Waals surface area contributed by atoms with Gasteiger partial charge in [-0.15, -0.1) is 0 Å². The standard InChI is InChI=1S/C22H21N3OS2/c1-4-22(2,3)25-21(26)14-5-6-17-18(11-14)24-20(16-8-10-28-13-16)19(23-17)15-7-9-27-12-15/h5-13H,4H2,1-3H3,(H,25,26). The summed E-state index contributed by atoms with van der Waals surface area (Å²) in [5.74, 6) is -0.0884. The van der Waals surface area contributed by atoms with Crippen LogP contribution in [-0.2, 0) is 0 Å². The molecule has 4 nitrogen and oxygen atoms in total. The molecular weight excluding hydrogens is 386 g/mol. The number of nitrogens with zero attached hydrogens (tertiary/aromatic N) is 2. The zero-order valence-electron chi connectivity index (χ0n) is 16.0. The SMILES string of the molecule is CCC(C)(C)NC(=O)c1ccc2nc(-c3ccsc3)c(-c3ccsc3)nc2c1. The van der Waals surface area contributed by atoms with Crippen LogP contribution >= 0.6 is 22.7 Å². The van der Waals surface area contributed by atoms with Crippen molar-refractivity contribution in [1.29, 1.82) is 0 Å². The molecule has 0 saturated heterocycles. The number of nitrogens with one attached hydrogen (secondary N) is 1. The second-order valence-corrected chi connectivity index (χ2v) is 8.90. The van der Waals surface area contributed by atoms with E-state index in [1.54, 1.807) is 22.7 Å². The molecule has 0 saturated carbocycles. The van der Waals surface area contributed by atoms with Crippen LogP contribution in [0, 0.1) is 0 Å². The van der Waals surface area contributed by atoms with Crippen LogP contribution in [0.25, 0.3) is 33.5 Å². The van der Waals surface area contributed by atoms with Crippen LogP contribution < -0.4 is 5.32 Å². The van der Waals surface area contributed by atoms with Gasteiger partial charge in [-0.05, 0) is 61.4 Å². The Hall–Kier alpha value is -2.57. The number of amides is 1. The van der Waals surface area contributed by atoms with Crippen molar-refractivity contribution < 1.29 is 4.79 Å². The number of fused-ring (bicyclic) bond motifs is 1. The van der Waals surface area contributed by atoms with Crippen molar-refractivity contribution in [3.63, 3.8) is 0 Å². The molecule has 6 heteroatoms. The van der Waals surface area contributed by atoms with E-state index in [9.17, 15) is 4.79 Å². The van der Waals surface area contributed by atoms with Crippen molar-refractivity contribution in [3.05, 3.63) is 57.4 Å². The summed E-state index contributed by atoms with van der Waals surface area (Å²) >= 11 is 3.27. The average molecular weight is 408 g/mol. The molecule has 0 aliphatic heterocycles. The first-order valence-electron chi connectivity index (χ1n) is 9.16. The molecule has 0 aliphatic rings. The number of hydrogen-bond acceptors (Lipinski definition) is 5. The lowest BCUT2D eigenvalue weighted by molar-refractivity contribution is 0.0911. The van der Waals surface area contributed by atoms with Gasteiger partial charge in [0.2, 0.25) is 0 Å². The van der Waals surface area contributed by atoms with E-state index < -0.39 is 0 Å². The number of hydrogen-bond donors (Lipinski definition) is 1. The fourth-order valence-corrected chi connectivity index (χ4v) is 4.15. The molecule has 0 spiro atoms. The highest BCUT2D eigenvalue weighted by molar-refractivity contribution is 7.08. The monoisotopic (exact) mass is 407 g/mol. The second kappa shape index (κ2) is 7.45. The molecule has 3 aromatic heterocycles. The fraction of sp³-hybridized carbons (Fsp3) is 0.227. The molecule has 1 amide bonds. The average Bonchev–Trinajstić information content (AvgIpc) is 3.40. The van der Waals surface area contributed by atoms with Gasteiger partial charge < -0.3 is 5.32 Å². The molecule has 0 aliphatic carbocycles. The van der Waals surface area contributed by atoms with Crippen LogP contribution in [0.4, 0.5) is 0 Å². The lowest BCUT2D eigenvalue weighted by Gasteiger charge is -2.24. The summed E-state index contributed by atoms with van der Waals surface area (Å²) < 4.78 is 0. The molecule has 4 aromatic rings. The van der Waals surface area contributed by atoms with Crippen molar-refractivity contribution >= 4 is 39.6 Å². The maximum Gasteiger partial charge on any atom is 0.251 e. The molecule has 1 N–H and O–H groups in total. The van der Waals surface area contributed by atoms with Gasteiger partial charge >= 0.3 is 0 Å². The molecule has 0 atom stereocenters. The van der Waals surface area contributed by atoms with Crippen LogP contribution in [0.15, 0.2) is 51.9 Å². The summed E-state index contributed by atoms with van der Waals surface area (Å²) in [6.07, 6.45) is 0.860. The lowest BCUT2D eigenvalue weighted by Crippen LogP contribution is -2.42. The Kier molecular flexibility index (Phi) is 5.00. The van der Waals surface area contributed by atoms with E-state index in [2.05, 4.69) is 35.1 Å². The van der Waals surface area contributed by atoms with Crippen molar-refractivity contribution in [1.82, 2.24) is 15.3 Å². The van der Waals surface area contributed by atoms with E-state index in [-0.39, 0.29) is 11.4 Å². The zero-order valence-corrected chi connectivity index (χ0v) is 17.7. The lowest BCUT2D eigenvalue weighted by atomic mass is 10.0. The second-order valence-electron chi connectivity index (χ2n) is 7.34. The summed E-state index contributed by atoms with van der Waals surface area (Å²) in [5, 5.41) is 11.3. The van der Waals surface area contributed by atoms with Gasteiger partial charge in [-0.25, -0.2) is 9.97 Å². The third-order valence-corrected chi connectivity index (χ3v) is 6.22.